The van der Waals surface area contributed by atoms with Crippen molar-refractivity contribution >= 4 is 11.7 Å². The molecule has 0 saturated heterocycles. The number of rotatable bonds is 10. The lowest BCUT2D eigenvalue weighted by atomic mass is 10.2. The highest BCUT2D eigenvalue weighted by Gasteiger charge is 2.10. The van der Waals surface area contributed by atoms with Crippen molar-refractivity contribution < 1.29 is 14.3 Å². The van der Waals surface area contributed by atoms with Gasteiger partial charge in [-0.1, -0.05) is 20.3 Å². The standard InChI is InChI=1S/C16H26N2O3/c1-3-5-10-20-15-7-6-13(12-14(15)17)16(19)21-11-9-18-8-4-2/h6-7,12,18H,3-5,8-11,17H2,1-2H3. The molecule has 118 valence electrons. The number of benzene rings is 1. The number of esters is 1. The van der Waals surface area contributed by atoms with E-state index in [-0.39, 0.29) is 5.97 Å². The molecule has 3 N–H and O–H groups in total. The summed E-state index contributed by atoms with van der Waals surface area (Å²) in [5, 5.41) is 3.17. The van der Waals surface area contributed by atoms with Gasteiger partial charge in [0.2, 0.25) is 0 Å². The molecule has 0 spiro atoms. The lowest BCUT2D eigenvalue weighted by Crippen LogP contribution is -2.22. The van der Waals surface area contributed by atoms with E-state index in [2.05, 4.69) is 19.2 Å². The summed E-state index contributed by atoms with van der Waals surface area (Å²) in [5.41, 5.74) is 6.80. The van der Waals surface area contributed by atoms with Crippen LogP contribution in [0.4, 0.5) is 5.69 Å². The summed E-state index contributed by atoms with van der Waals surface area (Å²) >= 11 is 0. The first kappa shape index (κ1) is 17.3. The zero-order valence-electron chi connectivity index (χ0n) is 13.0. The maximum absolute atomic E-state index is 11.9. The fraction of sp³-hybridized carbons (Fsp3) is 0.562. The normalized spacial score (nSPS) is 10.4. The van der Waals surface area contributed by atoms with Gasteiger partial charge >= 0.3 is 5.97 Å². The van der Waals surface area contributed by atoms with Crippen LogP contribution in [-0.2, 0) is 4.74 Å². The number of carbonyl (C=O) groups is 1. The molecule has 0 bridgehead atoms. The molecule has 5 nitrogen and oxygen atoms in total. The van der Waals surface area contributed by atoms with Crippen LogP contribution in [0, 0.1) is 0 Å². The van der Waals surface area contributed by atoms with Crippen molar-refractivity contribution in [1.29, 1.82) is 0 Å². The summed E-state index contributed by atoms with van der Waals surface area (Å²) in [5.74, 6) is 0.254. The minimum Gasteiger partial charge on any atom is -0.491 e. The summed E-state index contributed by atoms with van der Waals surface area (Å²) in [4.78, 5) is 11.9. The average molecular weight is 294 g/mol. The second kappa shape index (κ2) is 10.0. The SMILES string of the molecule is CCCCOc1ccc(C(=O)OCCNCCC)cc1N. The van der Waals surface area contributed by atoms with E-state index >= 15 is 0 Å². The van der Waals surface area contributed by atoms with E-state index in [1.807, 2.05) is 0 Å². The summed E-state index contributed by atoms with van der Waals surface area (Å²) in [6, 6.07) is 5.00. The Labute approximate surface area is 126 Å². The summed E-state index contributed by atoms with van der Waals surface area (Å²) in [7, 11) is 0. The van der Waals surface area contributed by atoms with Gasteiger partial charge in [0.1, 0.15) is 12.4 Å². The van der Waals surface area contributed by atoms with E-state index in [4.69, 9.17) is 15.2 Å². The highest BCUT2D eigenvalue weighted by atomic mass is 16.5. The van der Waals surface area contributed by atoms with E-state index in [1.54, 1.807) is 18.2 Å². The van der Waals surface area contributed by atoms with E-state index in [0.717, 1.165) is 25.8 Å². The molecule has 1 rings (SSSR count). The molecule has 0 heterocycles. The van der Waals surface area contributed by atoms with Gasteiger partial charge in [-0.2, -0.15) is 0 Å². The number of ether oxygens (including phenoxy) is 2. The van der Waals surface area contributed by atoms with E-state index < -0.39 is 0 Å². The van der Waals surface area contributed by atoms with Gasteiger partial charge < -0.3 is 20.5 Å². The van der Waals surface area contributed by atoms with Crippen LogP contribution in [0.1, 0.15) is 43.5 Å². The van der Waals surface area contributed by atoms with Crippen LogP contribution in [0.3, 0.4) is 0 Å². The first-order valence-corrected chi connectivity index (χ1v) is 7.59. The van der Waals surface area contributed by atoms with Gasteiger partial charge in [0, 0.05) is 6.54 Å². The van der Waals surface area contributed by atoms with Crippen molar-refractivity contribution in [3.8, 4) is 5.75 Å². The summed E-state index contributed by atoms with van der Waals surface area (Å²) < 4.78 is 10.7. The molecule has 1 aromatic carbocycles. The molecule has 0 radical (unpaired) electrons. The van der Waals surface area contributed by atoms with E-state index in [0.29, 0.717) is 36.8 Å². The molecular weight excluding hydrogens is 268 g/mol. The molecule has 0 atom stereocenters. The fourth-order valence-electron chi connectivity index (χ4n) is 1.73. The molecule has 0 amide bonds. The van der Waals surface area contributed by atoms with Crippen LogP contribution in [0.25, 0.3) is 0 Å². The highest BCUT2D eigenvalue weighted by molar-refractivity contribution is 5.91. The third kappa shape index (κ3) is 6.49. The van der Waals surface area contributed by atoms with Crippen molar-refractivity contribution in [3.63, 3.8) is 0 Å². The van der Waals surface area contributed by atoms with Crippen LogP contribution in [0.15, 0.2) is 18.2 Å². The highest BCUT2D eigenvalue weighted by Crippen LogP contribution is 2.23. The quantitative estimate of drug-likeness (QED) is 0.394. The Balaban J connectivity index is 2.44. The van der Waals surface area contributed by atoms with E-state index in [9.17, 15) is 4.79 Å². The molecule has 0 saturated carbocycles. The van der Waals surface area contributed by atoms with Gasteiger partial charge in [0.05, 0.1) is 17.9 Å². The molecule has 5 heteroatoms. The van der Waals surface area contributed by atoms with Crippen LogP contribution in [0.5, 0.6) is 5.75 Å². The van der Waals surface area contributed by atoms with Gasteiger partial charge in [-0.3, -0.25) is 0 Å². The largest absolute Gasteiger partial charge is 0.491 e. The minimum absolute atomic E-state index is 0.355. The van der Waals surface area contributed by atoms with Crippen LogP contribution < -0.4 is 15.8 Å². The van der Waals surface area contributed by atoms with Crippen molar-refractivity contribution in [1.82, 2.24) is 5.32 Å². The number of hydrogen-bond donors (Lipinski definition) is 2. The second-order valence-electron chi connectivity index (χ2n) is 4.84. The number of nitrogens with one attached hydrogen (secondary N) is 1. The van der Waals surface area contributed by atoms with Crippen molar-refractivity contribution in [2.24, 2.45) is 0 Å². The zero-order chi connectivity index (χ0) is 15.5. The molecule has 0 unspecified atom stereocenters. The number of nitrogen functional groups attached to an aromatic ring is 1. The molecule has 1 aromatic rings. The molecule has 0 aliphatic heterocycles. The van der Waals surface area contributed by atoms with Gasteiger partial charge in [-0.15, -0.1) is 0 Å². The summed E-state index contributed by atoms with van der Waals surface area (Å²) in [6.45, 7) is 6.76. The Bertz CT molecular complexity index is 436. The van der Waals surface area contributed by atoms with Crippen molar-refractivity contribution in [3.05, 3.63) is 23.8 Å². The Morgan fingerprint density at radius 3 is 2.67 bits per heavy atom. The number of hydrogen-bond acceptors (Lipinski definition) is 5. The molecular formula is C16H26N2O3. The van der Waals surface area contributed by atoms with Gasteiger partial charge in [0.15, 0.2) is 0 Å². The lowest BCUT2D eigenvalue weighted by molar-refractivity contribution is 0.0509. The van der Waals surface area contributed by atoms with Gasteiger partial charge in [-0.05, 0) is 37.6 Å². The molecule has 0 aliphatic rings. The second-order valence-corrected chi connectivity index (χ2v) is 4.84. The van der Waals surface area contributed by atoms with Gasteiger partial charge in [0.25, 0.3) is 0 Å². The zero-order valence-corrected chi connectivity index (χ0v) is 13.0. The van der Waals surface area contributed by atoms with Crippen LogP contribution >= 0.6 is 0 Å². The minimum atomic E-state index is -0.361. The first-order chi connectivity index (χ1) is 10.2. The Kier molecular flexibility index (Phi) is 8.28. The first-order valence-electron chi connectivity index (χ1n) is 7.59. The molecule has 0 aliphatic carbocycles. The van der Waals surface area contributed by atoms with Crippen molar-refractivity contribution in [2.75, 3.05) is 32.0 Å². The molecule has 0 aromatic heterocycles. The van der Waals surface area contributed by atoms with E-state index in [1.165, 1.54) is 0 Å². The third-order valence-electron chi connectivity index (χ3n) is 2.94. The third-order valence-corrected chi connectivity index (χ3v) is 2.94. The number of nitrogens with two attached hydrogens (primary N) is 1. The Morgan fingerprint density at radius 2 is 2.00 bits per heavy atom. The predicted molar refractivity (Wildman–Crippen MR) is 84.7 cm³/mol. The monoisotopic (exact) mass is 294 g/mol. The molecule has 0 fully saturated rings. The van der Waals surface area contributed by atoms with Crippen molar-refractivity contribution in [2.45, 2.75) is 33.1 Å². The topological polar surface area (TPSA) is 73.6 Å². The Hall–Kier alpha value is -1.75. The van der Waals surface area contributed by atoms with Gasteiger partial charge in [-0.25, -0.2) is 4.79 Å². The average Bonchev–Trinajstić information content (AvgIpc) is 2.48. The maximum atomic E-state index is 11.9. The number of carbonyl (C=O) groups excluding carboxylic acids is 1. The number of anilines is 1. The molecule has 21 heavy (non-hydrogen) atoms. The van der Waals surface area contributed by atoms with Crippen LogP contribution in [-0.4, -0.2) is 32.3 Å². The fourth-order valence-corrected chi connectivity index (χ4v) is 1.73. The smallest absolute Gasteiger partial charge is 0.338 e. The Morgan fingerprint density at radius 1 is 1.19 bits per heavy atom. The predicted octanol–water partition coefficient (Wildman–Crippen LogP) is 2.60. The van der Waals surface area contributed by atoms with Crippen LogP contribution in [0.2, 0.25) is 0 Å². The maximum Gasteiger partial charge on any atom is 0.338 e. The number of unbranched alkanes of at least 4 members (excludes halogenated alkanes) is 1. The summed E-state index contributed by atoms with van der Waals surface area (Å²) in [6.07, 6.45) is 3.11. The lowest BCUT2D eigenvalue weighted by Gasteiger charge is -2.10.